The minimum absolute atomic E-state index is 0.0990. The quantitative estimate of drug-likeness (QED) is 0.847. The van der Waals surface area contributed by atoms with Crippen LogP contribution in [0.3, 0.4) is 0 Å². The first kappa shape index (κ1) is 17.2. The van der Waals surface area contributed by atoms with E-state index >= 15 is 0 Å². The lowest BCUT2D eigenvalue weighted by Gasteiger charge is -2.31. The van der Waals surface area contributed by atoms with E-state index in [1.807, 2.05) is 19.1 Å². The zero-order valence-corrected chi connectivity index (χ0v) is 14.2. The lowest BCUT2D eigenvalue weighted by Crippen LogP contribution is -2.41. The molecule has 1 amide bonds. The number of rotatable bonds is 7. The highest BCUT2D eigenvalue weighted by Crippen LogP contribution is 2.27. The van der Waals surface area contributed by atoms with Crippen molar-refractivity contribution in [1.82, 2.24) is 10.2 Å². The third-order valence-corrected chi connectivity index (χ3v) is 3.96. The second kappa shape index (κ2) is 8.49. The molecule has 0 aromatic heterocycles. The Bertz CT molecular complexity index is 558. The molecule has 0 aliphatic carbocycles. The van der Waals surface area contributed by atoms with Gasteiger partial charge in [0.1, 0.15) is 0 Å². The van der Waals surface area contributed by atoms with E-state index in [-0.39, 0.29) is 18.0 Å². The summed E-state index contributed by atoms with van der Waals surface area (Å²) in [5.74, 6) is 0.0990. The zero-order valence-electron chi connectivity index (χ0n) is 14.2. The lowest BCUT2D eigenvalue weighted by atomic mass is 9.97. The molecule has 0 saturated carbocycles. The molecule has 0 spiro atoms. The predicted molar refractivity (Wildman–Crippen MR) is 95.3 cm³/mol. The van der Waals surface area contributed by atoms with Gasteiger partial charge < -0.3 is 5.32 Å². The number of amides is 1. The molecule has 0 fully saturated rings. The van der Waals surface area contributed by atoms with Crippen molar-refractivity contribution in [2.75, 3.05) is 13.6 Å². The summed E-state index contributed by atoms with van der Waals surface area (Å²) in [4.78, 5) is 13.9. The van der Waals surface area contributed by atoms with E-state index in [1.165, 1.54) is 11.1 Å². The molecule has 122 valence electrons. The smallest absolute Gasteiger partial charge is 0.219 e. The van der Waals surface area contributed by atoms with Crippen molar-refractivity contribution in [2.45, 2.75) is 32.4 Å². The predicted octanol–water partition coefficient (Wildman–Crippen LogP) is 3.62. The fraction of sp³-hybridized carbons (Fsp3) is 0.350. The van der Waals surface area contributed by atoms with Crippen LogP contribution < -0.4 is 5.32 Å². The van der Waals surface area contributed by atoms with Crippen LogP contribution in [0.15, 0.2) is 60.7 Å². The van der Waals surface area contributed by atoms with Crippen LogP contribution in [-0.4, -0.2) is 30.4 Å². The van der Waals surface area contributed by atoms with Crippen LogP contribution in [0.1, 0.15) is 37.4 Å². The Hall–Kier alpha value is -2.13. The summed E-state index contributed by atoms with van der Waals surface area (Å²) in [5.41, 5.74) is 2.52. The number of carbonyl (C=O) groups is 1. The molecular formula is C20H26N2O. The third kappa shape index (κ3) is 4.93. The van der Waals surface area contributed by atoms with Gasteiger partial charge in [-0.15, -0.1) is 0 Å². The summed E-state index contributed by atoms with van der Waals surface area (Å²) in [5, 5.41) is 3.04. The Balaban J connectivity index is 2.19. The first-order chi connectivity index (χ1) is 11.1. The monoisotopic (exact) mass is 310 g/mol. The Kier molecular flexibility index (Phi) is 6.36. The second-order valence-corrected chi connectivity index (χ2v) is 5.99. The molecule has 0 aliphatic heterocycles. The van der Waals surface area contributed by atoms with Crippen LogP contribution in [0, 0.1) is 0 Å². The Labute approximate surface area is 139 Å². The van der Waals surface area contributed by atoms with Crippen molar-refractivity contribution in [3.63, 3.8) is 0 Å². The maximum atomic E-state index is 11.6. The van der Waals surface area contributed by atoms with Crippen LogP contribution in [-0.2, 0) is 4.79 Å². The van der Waals surface area contributed by atoms with Crippen molar-refractivity contribution in [1.29, 1.82) is 0 Å². The topological polar surface area (TPSA) is 32.3 Å². The number of nitrogens with one attached hydrogen (secondary N) is 1. The summed E-state index contributed by atoms with van der Waals surface area (Å²) in [6, 6.07) is 21.3. The molecule has 0 aliphatic rings. The number of benzene rings is 2. The van der Waals surface area contributed by atoms with Crippen molar-refractivity contribution in [3.8, 4) is 0 Å². The summed E-state index contributed by atoms with van der Waals surface area (Å²) in [6.45, 7) is 4.72. The summed E-state index contributed by atoms with van der Waals surface area (Å²) in [7, 11) is 2.11. The van der Waals surface area contributed by atoms with Gasteiger partial charge in [0.05, 0.1) is 6.04 Å². The molecule has 0 radical (unpaired) electrons. The van der Waals surface area contributed by atoms with Crippen LogP contribution in [0.5, 0.6) is 0 Å². The molecule has 0 bridgehead atoms. The summed E-state index contributed by atoms with van der Waals surface area (Å²) >= 11 is 0. The number of nitrogens with zero attached hydrogens (tertiary/aromatic N) is 1. The minimum Gasteiger partial charge on any atom is -0.352 e. The molecular weight excluding hydrogens is 284 g/mol. The van der Waals surface area contributed by atoms with Gasteiger partial charge in [-0.3, -0.25) is 9.69 Å². The van der Waals surface area contributed by atoms with E-state index in [4.69, 9.17) is 0 Å². The zero-order chi connectivity index (χ0) is 16.7. The van der Waals surface area contributed by atoms with E-state index in [1.54, 1.807) is 0 Å². The van der Waals surface area contributed by atoms with Crippen molar-refractivity contribution in [3.05, 3.63) is 71.8 Å². The molecule has 0 saturated heterocycles. The average molecular weight is 310 g/mol. The number of hydrogen-bond donors (Lipinski definition) is 1. The van der Waals surface area contributed by atoms with Gasteiger partial charge in [-0.25, -0.2) is 0 Å². The van der Waals surface area contributed by atoms with Crippen molar-refractivity contribution >= 4 is 5.91 Å². The number of hydrogen-bond acceptors (Lipinski definition) is 2. The molecule has 3 heteroatoms. The molecule has 0 unspecified atom stereocenters. The van der Waals surface area contributed by atoms with Gasteiger partial charge in [-0.05, 0) is 25.1 Å². The average Bonchev–Trinajstić information content (AvgIpc) is 2.56. The fourth-order valence-corrected chi connectivity index (χ4v) is 2.93. The first-order valence-electron chi connectivity index (χ1n) is 8.21. The Morgan fingerprint density at radius 1 is 1.00 bits per heavy atom. The molecule has 1 atom stereocenters. The fourth-order valence-electron chi connectivity index (χ4n) is 2.93. The van der Waals surface area contributed by atoms with Gasteiger partial charge in [0.25, 0.3) is 0 Å². The highest BCUT2D eigenvalue weighted by Gasteiger charge is 2.20. The maximum Gasteiger partial charge on any atom is 0.219 e. The van der Waals surface area contributed by atoms with Crippen molar-refractivity contribution < 1.29 is 4.79 Å². The highest BCUT2D eigenvalue weighted by atomic mass is 16.1. The lowest BCUT2D eigenvalue weighted by molar-refractivity contribution is -0.121. The standard InChI is InChI=1S/C20H26N2O/c1-4-19(23)21-16(2)15-22(3)20(17-11-7-5-8-12-17)18-13-9-6-10-14-18/h5-14,16,20H,4,15H2,1-3H3,(H,21,23)/t16-/m0/s1. The van der Waals surface area contributed by atoms with E-state index in [0.29, 0.717) is 6.42 Å². The number of carbonyl (C=O) groups excluding carboxylic acids is 1. The van der Waals surface area contributed by atoms with Crippen LogP contribution >= 0.6 is 0 Å². The molecule has 2 aromatic carbocycles. The molecule has 23 heavy (non-hydrogen) atoms. The van der Waals surface area contributed by atoms with Gasteiger partial charge in [0.2, 0.25) is 5.91 Å². The van der Waals surface area contributed by atoms with Crippen LogP contribution in [0.2, 0.25) is 0 Å². The largest absolute Gasteiger partial charge is 0.352 e. The molecule has 2 rings (SSSR count). The third-order valence-electron chi connectivity index (χ3n) is 3.96. The van der Waals surface area contributed by atoms with Crippen LogP contribution in [0.4, 0.5) is 0 Å². The van der Waals surface area contributed by atoms with E-state index in [2.05, 4.69) is 72.7 Å². The number of likely N-dealkylation sites (N-methyl/N-ethyl adjacent to an activating group) is 1. The SMILES string of the molecule is CCC(=O)N[C@@H](C)CN(C)C(c1ccccc1)c1ccccc1. The minimum atomic E-state index is 0.0990. The Morgan fingerprint density at radius 3 is 1.91 bits per heavy atom. The van der Waals surface area contributed by atoms with Gasteiger partial charge in [0, 0.05) is 19.0 Å². The second-order valence-electron chi connectivity index (χ2n) is 5.99. The summed E-state index contributed by atoms with van der Waals surface area (Å²) in [6.07, 6.45) is 0.523. The van der Waals surface area contributed by atoms with Gasteiger partial charge >= 0.3 is 0 Å². The van der Waals surface area contributed by atoms with Crippen LogP contribution in [0.25, 0.3) is 0 Å². The summed E-state index contributed by atoms with van der Waals surface area (Å²) < 4.78 is 0. The molecule has 2 aromatic rings. The first-order valence-corrected chi connectivity index (χ1v) is 8.21. The molecule has 0 heterocycles. The van der Waals surface area contributed by atoms with E-state index in [9.17, 15) is 4.79 Å². The van der Waals surface area contributed by atoms with Gasteiger partial charge in [-0.1, -0.05) is 67.6 Å². The Morgan fingerprint density at radius 2 is 1.48 bits per heavy atom. The van der Waals surface area contributed by atoms with Gasteiger partial charge in [0.15, 0.2) is 0 Å². The molecule has 3 nitrogen and oxygen atoms in total. The molecule has 1 N–H and O–H groups in total. The maximum absolute atomic E-state index is 11.6. The van der Waals surface area contributed by atoms with E-state index in [0.717, 1.165) is 6.54 Å². The van der Waals surface area contributed by atoms with Crippen molar-refractivity contribution in [2.24, 2.45) is 0 Å². The highest BCUT2D eigenvalue weighted by molar-refractivity contribution is 5.75. The van der Waals surface area contributed by atoms with E-state index < -0.39 is 0 Å². The van der Waals surface area contributed by atoms with Gasteiger partial charge in [-0.2, -0.15) is 0 Å². The normalized spacial score (nSPS) is 12.4.